The van der Waals surface area contributed by atoms with E-state index in [1.165, 1.54) is 12.0 Å². The quantitative estimate of drug-likeness (QED) is 0.822. The van der Waals surface area contributed by atoms with Crippen molar-refractivity contribution in [3.8, 4) is 0 Å². The van der Waals surface area contributed by atoms with Gasteiger partial charge in [-0.2, -0.15) is 5.10 Å². The molecule has 0 N–H and O–H groups in total. The third-order valence-corrected chi connectivity index (χ3v) is 3.87. The van der Waals surface area contributed by atoms with Crippen LogP contribution in [-0.4, -0.2) is 41.0 Å². The molecule has 0 amide bonds. The van der Waals surface area contributed by atoms with Gasteiger partial charge in [0.2, 0.25) is 0 Å². The van der Waals surface area contributed by atoms with E-state index >= 15 is 0 Å². The molecule has 1 aliphatic rings. The van der Waals surface area contributed by atoms with E-state index in [4.69, 9.17) is 4.74 Å². The molecule has 0 saturated carbocycles. The summed E-state index contributed by atoms with van der Waals surface area (Å²) in [5.41, 5.74) is 1.30. The van der Waals surface area contributed by atoms with Gasteiger partial charge in [-0.3, -0.25) is 9.58 Å². The molecular formula is C14H25N3O. The largest absolute Gasteiger partial charge is 0.380 e. The zero-order valence-corrected chi connectivity index (χ0v) is 12.0. The molecule has 0 unspecified atom stereocenters. The van der Waals surface area contributed by atoms with Crippen LogP contribution in [0.25, 0.3) is 0 Å². The number of likely N-dealkylation sites (tertiary alicyclic amines) is 1. The van der Waals surface area contributed by atoms with Gasteiger partial charge in [0, 0.05) is 38.0 Å². The van der Waals surface area contributed by atoms with Crippen LogP contribution in [0.2, 0.25) is 0 Å². The third kappa shape index (κ3) is 3.12. The lowest BCUT2D eigenvalue weighted by molar-refractivity contribution is -0.00745. The van der Waals surface area contributed by atoms with E-state index < -0.39 is 0 Å². The smallest absolute Gasteiger partial charge is 0.0724 e. The van der Waals surface area contributed by atoms with Crippen molar-refractivity contribution < 1.29 is 4.74 Å². The highest BCUT2D eigenvalue weighted by molar-refractivity contribution is 5.04. The molecule has 1 saturated heterocycles. The van der Waals surface area contributed by atoms with Crippen LogP contribution in [-0.2, 0) is 11.3 Å². The lowest BCUT2D eigenvalue weighted by Crippen LogP contribution is -2.43. The van der Waals surface area contributed by atoms with Gasteiger partial charge < -0.3 is 4.74 Å². The van der Waals surface area contributed by atoms with Crippen LogP contribution in [0.1, 0.15) is 38.8 Å². The summed E-state index contributed by atoms with van der Waals surface area (Å²) in [6.07, 6.45) is 5.74. The first-order chi connectivity index (χ1) is 8.60. The van der Waals surface area contributed by atoms with Crippen molar-refractivity contribution in [1.82, 2.24) is 14.7 Å². The second-order valence-electron chi connectivity index (χ2n) is 5.70. The van der Waals surface area contributed by atoms with E-state index in [0.717, 1.165) is 19.6 Å². The summed E-state index contributed by atoms with van der Waals surface area (Å²) >= 11 is 0. The topological polar surface area (TPSA) is 30.3 Å². The molecular weight excluding hydrogens is 226 g/mol. The van der Waals surface area contributed by atoms with Crippen molar-refractivity contribution in [2.45, 2.75) is 45.9 Å². The molecule has 1 aromatic rings. The number of hydrogen-bond acceptors (Lipinski definition) is 3. The van der Waals surface area contributed by atoms with E-state index in [9.17, 15) is 0 Å². The van der Waals surface area contributed by atoms with Gasteiger partial charge in [0.05, 0.1) is 12.3 Å². The zero-order chi connectivity index (χ0) is 13.1. The molecule has 2 rings (SSSR count). The molecule has 0 aliphatic carbocycles. The Morgan fingerprint density at radius 1 is 1.50 bits per heavy atom. The van der Waals surface area contributed by atoms with Crippen molar-refractivity contribution in [2.75, 3.05) is 20.2 Å². The van der Waals surface area contributed by atoms with Gasteiger partial charge in [-0.05, 0) is 32.7 Å². The predicted octanol–water partition coefficient (Wildman–Crippen LogP) is 2.32. The molecule has 0 bridgehead atoms. The Morgan fingerprint density at radius 2 is 2.28 bits per heavy atom. The van der Waals surface area contributed by atoms with Gasteiger partial charge in [0.1, 0.15) is 0 Å². The first-order valence-electron chi connectivity index (χ1n) is 6.88. The number of hydrogen-bond donors (Lipinski definition) is 0. The van der Waals surface area contributed by atoms with Gasteiger partial charge in [-0.15, -0.1) is 0 Å². The molecule has 1 aliphatic heterocycles. The van der Waals surface area contributed by atoms with E-state index in [2.05, 4.69) is 37.0 Å². The number of rotatable bonds is 4. The highest BCUT2D eigenvalue weighted by Gasteiger charge is 2.26. The average molecular weight is 251 g/mol. The summed E-state index contributed by atoms with van der Waals surface area (Å²) in [7, 11) is 1.82. The van der Waals surface area contributed by atoms with Crippen LogP contribution < -0.4 is 0 Å². The average Bonchev–Trinajstić information content (AvgIpc) is 2.80. The Morgan fingerprint density at radius 3 is 2.89 bits per heavy atom. The van der Waals surface area contributed by atoms with Gasteiger partial charge in [-0.25, -0.2) is 0 Å². The summed E-state index contributed by atoms with van der Waals surface area (Å²) in [5, 5.41) is 4.39. The summed E-state index contributed by atoms with van der Waals surface area (Å²) in [6.45, 7) is 9.76. The Balaban J connectivity index is 1.92. The van der Waals surface area contributed by atoms with Crippen LogP contribution in [0.15, 0.2) is 12.4 Å². The minimum absolute atomic E-state index is 0.374. The highest BCUT2D eigenvalue weighted by Crippen LogP contribution is 2.21. The standard InChI is InChI=1S/C14H25N3O/c1-11(2)17-9-13(7-15-17)8-16-6-5-12(3)14(10-16)18-4/h7,9,11-12,14H,5-6,8,10H2,1-4H3/t12-,14-/m1/s1. The normalized spacial score (nSPS) is 25.8. The Labute approximate surface area is 110 Å². The van der Waals surface area contributed by atoms with Crippen LogP contribution in [0.4, 0.5) is 0 Å². The minimum Gasteiger partial charge on any atom is -0.380 e. The van der Waals surface area contributed by atoms with Crippen LogP contribution >= 0.6 is 0 Å². The summed E-state index contributed by atoms with van der Waals surface area (Å²) in [6, 6.07) is 0.437. The SMILES string of the molecule is CO[C@@H]1CN(Cc2cnn(C(C)C)c2)CC[C@H]1C. The molecule has 1 aromatic heterocycles. The lowest BCUT2D eigenvalue weighted by atomic mass is 9.95. The van der Waals surface area contributed by atoms with Gasteiger partial charge in [0.25, 0.3) is 0 Å². The fraction of sp³-hybridized carbons (Fsp3) is 0.786. The maximum absolute atomic E-state index is 5.55. The molecule has 2 atom stereocenters. The molecule has 2 heterocycles. The van der Waals surface area contributed by atoms with Gasteiger partial charge >= 0.3 is 0 Å². The molecule has 0 radical (unpaired) electrons. The molecule has 4 nitrogen and oxygen atoms in total. The second-order valence-corrected chi connectivity index (χ2v) is 5.70. The molecule has 1 fully saturated rings. The monoisotopic (exact) mass is 251 g/mol. The van der Waals surface area contributed by atoms with E-state index in [1.807, 2.05) is 18.0 Å². The maximum Gasteiger partial charge on any atom is 0.0724 e. The zero-order valence-electron chi connectivity index (χ0n) is 12.0. The minimum atomic E-state index is 0.374. The van der Waals surface area contributed by atoms with E-state index in [-0.39, 0.29) is 0 Å². The number of methoxy groups -OCH3 is 1. The summed E-state index contributed by atoms with van der Waals surface area (Å²) < 4.78 is 7.58. The third-order valence-electron chi connectivity index (χ3n) is 3.87. The fourth-order valence-electron chi connectivity index (χ4n) is 2.55. The summed E-state index contributed by atoms with van der Waals surface area (Å²) in [4.78, 5) is 2.47. The molecule has 0 spiro atoms. The van der Waals surface area contributed by atoms with Crippen LogP contribution in [0, 0.1) is 5.92 Å². The van der Waals surface area contributed by atoms with E-state index in [1.54, 1.807) is 0 Å². The molecule has 102 valence electrons. The number of aromatic nitrogens is 2. The number of nitrogens with zero attached hydrogens (tertiary/aromatic N) is 3. The van der Waals surface area contributed by atoms with Crippen LogP contribution in [0.5, 0.6) is 0 Å². The van der Waals surface area contributed by atoms with Crippen LogP contribution in [0.3, 0.4) is 0 Å². The molecule has 4 heteroatoms. The first-order valence-corrected chi connectivity index (χ1v) is 6.88. The van der Waals surface area contributed by atoms with Crippen molar-refractivity contribution in [3.63, 3.8) is 0 Å². The fourth-order valence-corrected chi connectivity index (χ4v) is 2.55. The highest BCUT2D eigenvalue weighted by atomic mass is 16.5. The molecule has 18 heavy (non-hydrogen) atoms. The summed E-state index contributed by atoms with van der Waals surface area (Å²) in [5.74, 6) is 0.671. The van der Waals surface area contributed by atoms with Crippen molar-refractivity contribution in [3.05, 3.63) is 18.0 Å². The predicted molar refractivity (Wildman–Crippen MR) is 72.5 cm³/mol. The molecule has 0 aromatic carbocycles. The Bertz CT molecular complexity index is 375. The van der Waals surface area contributed by atoms with Gasteiger partial charge in [-0.1, -0.05) is 6.92 Å². The van der Waals surface area contributed by atoms with Crippen molar-refractivity contribution >= 4 is 0 Å². The van der Waals surface area contributed by atoms with Crippen molar-refractivity contribution in [2.24, 2.45) is 5.92 Å². The Hall–Kier alpha value is -0.870. The lowest BCUT2D eigenvalue weighted by Gasteiger charge is -2.35. The maximum atomic E-state index is 5.55. The van der Waals surface area contributed by atoms with Gasteiger partial charge in [0.15, 0.2) is 0 Å². The number of piperidine rings is 1. The first kappa shape index (κ1) is 13.6. The second kappa shape index (κ2) is 5.85. The number of ether oxygens (including phenoxy) is 1. The van der Waals surface area contributed by atoms with E-state index in [0.29, 0.717) is 18.1 Å². The Kier molecular flexibility index (Phi) is 4.40. The van der Waals surface area contributed by atoms with Crippen molar-refractivity contribution in [1.29, 1.82) is 0 Å².